The van der Waals surface area contributed by atoms with E-state index < -0.39 is 0 Å². The second-order valence-corrected chi connectivity index (χ2v) is 14.8. The Bertz CT molecular complexity index is 3570. The van der Waals surface area contributed by atoms with Crippen LogP contribution >= 0.6 is 0 Å². The molecule has 3 aromatic heterocycles. The van der Waals surface area contributed by atoms with Gasteiger partial charge in [-0.05, 0) is 86.3 Å². The fourth-order valence-electron chi connectivity index (χ4n) is 8.51. The maximum absolute atomic E-state index is 6.83. The van der Waals surface area contributed by atoms with Gasteiger partial charge in [-0.1, -0.05) is 146 Å². The lowest BCUT2D eigenvalue weighted by atomic mass is 9.97. The highest BCUT2D eigenvalue weighted by Gasteiger charge is 2.22. The molecule has 0 amide bonds. The van der Waals surface area contributed by atoms with Crippen LogP contribution in [0, 0.1) is 0 Å². The minimum absolute atomic E-state index is 0.524. The van der Waals surface area contributed by atoms with Gasteiger partial charge in [0.2, 0.25) is 0 Å². The number of aromatic nitrogens is 3. The smallest absolute Gasteiger partial charge is 0.167 e. The predicted molar refractivity (Wildman–Crippen MR) is 237 cm³/mol. The summed E-state index contributed by atoms with van der Waals surface area (Å²) in [6.45, 7) is 0. The van der Waals surface area contributed by atoms with Crippen molar-refractivity contribution in [3.8, 4) is 56.4 Å². The molecular weight excluding hydrogens is 711 g/mol. The molecule has 0 aliphatic carbocycles. The van der Waals surface area contributed by atoms with Crippen molar-refractivity contribution in [2.24, 2.45) is 0 Å². The van der Waals surface area contributed by atoms with E-state index in [1.54, 1.807) is 0 Å². The Balaban J connectivity index is 1.14. The molecule has 0 atom stereocenters. The van der Waals surface area contributed by atoms with E-state index in [0.717, 1.165) is 93.2 Å². The molecule has 0 saturated carbocycles. The number of hydrogen-bond donors (Lipinski definition) is 0. The van der Waals surface area contributed by atoms with E-state index in [9.17, 15) is 0 Å². The highest BCUT2D eigenvalue weighted by Crippen LogP contribution is 2.43. The third-order valence-corrected chi connectivity index (χ3v) is 11.3. The highest BCUT2D eigenvalue weighted by atomic mass is 16.3. The molecule has 58 heavy (non-hydrogen) atoms. The quantitative estimate of drug-likeness (QED) is 0.176. The first kappa shape index (κ1) is 32.4. The summed E-state index contributed by atoms with van der Waals surface area (Å²) < 4.78 is 13.2. The van der Waals surface area contributed by atoms with Crippen molar-refractivity contribution < 1.29 is 8.83 Å². The minimum atomic E-state index is 0.524. The van der Waals surface area contributed by atoms with E-state index >= 15 is 0 Å². The van der Waals surface area contributed by atoms with Gasteiger partial charge in [-0.3, -0.25) is 0 Å². The summed E-state index contributed by atoms with van der Waals surface area (Å²) in [4.78, 5) is 15.9. The van der Waals surface area contributed by atoms with Crippen molar-refractivity contribution in [1.82, 2.24) is 15.0 Å². The first-order valence-corrected chi connectivity index (χ1v) is 19.4. The van der Waals surface area contributed by atoms with Crippen LogP contribution in [0.15, 0.2) is 197 Å². The molecule has 0 N–H and O–H groups in total. The second-order valence-electron chi connectivity index (χ2n) is 14.8. The molecule has 0 aliphatic heterocycles. The maximum atomic E-state index is 6.83. The van der Waals surface area contributed by atoms with Crippen LogP contribution in [0.4, 0.5) is 0 Å². The van der Waals surface area contributed by atoms with Crippen LogP contribution in [0.3, 0.4) is 0 Å². The van der Waals surface area contributed by atoms with Crippen molar-refractivity contribution >= 4 is 65.4 Å². The Morgan fingerprint density at radius 2 is 0.897 bits per heavy atom. The zero-order valence-electron chi connectivity index (χ0n) is 31.1. The molecule has 0 unspecified atom stereocenters. The number of nitrogens with zero attached hydrogens (tertiary/aromatic N) is 3. The molecule has 0 spiro atoms. The normalized spacial score (nSPS) is 11.8. The second kappa shape index (κ2) is 12.8. The Hall–Kier alpha value is -7.89. The number of benzene rings is 9. The number of rotatable bonds is 5. The van der Waals surface area contributed by atoms with E-state index in [1.165, 1.54) is 11.1 Å². The summed E-state index contributed by atoms with van der Waals surface area (Å²) in [7, 11) is 0. The molecule has 270 valence electrons. The summed E-state index contributed by atoms with van der Waals surface area (Å²) in [5.74, 6) is 1.64. The van der Waals surface area contributed by atoms with Crippen molar-refractivity contribution in [2.45, 2.75) is 0 Å². The zero-order chi connectivity index (χ0) is 38.2. The van der Waals surface area contributed by atoms with Crippen LogP contribution in [-0.2, 0) is 0 Å². The van der Waals surface area contributed by atoms with Crippen LogP contribution in [0.2, 0.25) is 0 Å². The van der Waals surface area contributed by atoms with Crippen LogP contribution in [0.25, 0.3) is 122 Å². The van der Waals surface area contributed by atoms with Gasteiger partial charge in [0.1, 0.15) is 22.3 Å². The lowest BCUT2D eigenvalue weighted by Crippen LogP contribution is -2.01. The van der Waals surface area contributed by atoms with E-state index in [2.05, 4.69) is 146 Å². The van der Waals surface area contributed by atoms with Crippen LogP contribution in [0.5, 0.6) is 0 Å². The number of para-hydroxylation sites is 1. The van der Waals surface area contributed by atoms with E-state index in [1.807, 2.05) is 42.5 Å². The number of hydrogen-bond acceptors (Lipinski definition) is 5. The number of furan rings is 2. The average molecular weight is 742 g/mol. The third-order valence-electron chi connectivity index (χ3n) is 11.3. The van der Waals surface area contributed by atoms with E-state index in [4.69, 9.17) is 23.8 Å². The van der Waals surface area contributed by atoms with Crippen molar-refractivity contribution in [1.29, 1.82) is 0 Å². The molecule has 0 aliphatic rings. The minimum Gasteiger partial charge on any atom is -0.456 e. The largest absolute Gasteiger partial charge is 0.456 e. The molecule has 12 aromatic rings. The van der Waals surface area contributed by atoms with Gasteiger partial charge in [-0.2, -0.15) is 0 Å². The van der Waals surface area contributed by atoms with Gasteiger partial charge in [0.25, 0.3) is 0 Å². The maximum Gasteiger partial charge on any atom is 0.167 e. The fraction of sp³-hybridized carbons (Fsp3) is 0. The SMILES string of the molecule is c1ccc(-c2ccc3cc(-c4nc(-c5cc(-c6ccccc6)cc6c5oc5ccc7ccccc7c56)nc(-c5cccc6oc7ccccc7c56)n4)ccc3c2)cc1. The van der Waals surface area contributed by atoms with Gasteiger partial charge >= 0.3 is 0 Å². The van der Waals surface area contributed by atoms with Crippen molar-refractivity contribution in [2.75, 3.05) is 0 Å². The molecule has 12 rings (SSSR count). The van der Waals surface area contributed by atoms with Crippen LogP contribution < -0.4 is 0 Å². The van der Waals surface area contributed by atoms with Gasteiger partial charge in [0.05, 0.1) is 5.56 Å². The third kappa shape index (κ3) is 5.21. The van der Waals surface area contributed by atoms with Gasteiger partial charge in [0, 0.05) is 32.7 Å². The Morgan fingerprint density at radius 3 is 1.71 bits per heavy atom. The summed E-state index contributed by atoms with van der Waals surface area (Å²) in [5, 5.41) is 8.58. The lowest BCUT2D eigenvalue weighted by Gasteiger charge is -2.12. The monoisotopic (exact) mass is 741 g/mol. The van der Waals surface area contributed by atoms with Gasteiger partial charge < -0.3 is 8.83 Å². The topological polar surface area (TPSA) is 65.0 Å². The molecule has 5 heteroatoms. The molecule has 3 heterocycles. The Morgan fingerprint density at radius 1 is 0.293 bits per heavy atom. The van der Waals surface area contributed by atoms with E-state index in [-0.39, 0.29) is 0 Å². The van der Waals surface area contributed by atoms with Gasteiger partial charge in [-0.15, -0.1) is 0 Å². The lowest BCUT2D eigenvalue weighted by molar-refractivity contribution is 0.668. The van der Waals surface area contributed by atoms with Crippen LogP contribution in [0.1, 0.15) is 0 Å². The first-order chi connectivity index (χ1) is 28.7. The van der Waals surface area contributed by atoms with Gasteiger partial charge in [0.15, 0.2) is 17.5 Å². The molecular formula is C53H31N3O2. The van der Waals surface area contributed by atoms with Crippen LogP contribution in [-0.4, -0.2) is 15.0 Å². The van der Waals surface area contributed by atoms with E-state index in [0.29, 0.717) is 17.5 Å². The molecule has 5 nitrogen and oxygen atoms in total. The molecule has 9 aromatic carbocycles. The fourth-order valence-corrected chi connectivity index (χ4v) is 8.51. The average Bonchev–Trinajstić information content (AvgIpc) is 3.88. The highest BCUT2D eigenvalue weighted by molar-refractivity contribution is 6.21. The first-order valence-electron chi connectivity index (χ1n) is 19.4. The molecule has 0 radical (unpaired) electrons. The molecule has 0 saturated heterocycles. The summed E-state index contributed by atoms with van der Waals surface area (Å²) in [5.41, 5.74) is 10.2. The summed E-state index contributed by atoms with van der Waals surface area (Å²) >= 11 is 0. The molecule has 0 bridgehead atoms. The van der Waals surface area contributed by atoms with Gasteiger partial charge in [-0.25, -0.2) is 15.0 Å². The Labute approximate surface area is 332 Å². The zero-order valence-corrected chi connectivity index (χ0v) is 31.1. The summed E-state index contributed by atoms with van der Waals surface area (Å²) in [6.07, 6.45) is 0. The van der Waals surface area contributed by atoms with Crippen molar-refractivity contribution in [3.63, 3.8) is 0 Å². The summed E-state index contributed by atoms with van der Waals surface area (Å²) in [6, 6.07) is 65.2. The Kier molecular flexibility index (Phi) is 7.16. The standard InChI is InChI=1S/C53H31N3O2/c1-3-12-32(13-4-1)35-22-23-37-29-38(25-24-36(37)28-35)51-54-52(42-19-11-21-46-49(42)41-18-9-10-20-45(41)57-46)56-53(55-51)44-31-39(33-14-5-2-6-15-33)30-43-48-40-17-8-7-16-34(40)26-27-47(48)58-50(43)44/h1-31H. The van der Waals surface area contributed by atoms with Crippen molar-refractivity contribution in [3.05, 3.63) is 188 Å². The molecule has 0 fully saturated rings. The number of fused-ring (bicyclic) bond motifs is 9. The predicted octanol–water partition coefficient (Wildman–Crippen LogP) is 14.3.